The molecule has 0 radical (unpaired) electrons. The van der Waals surface area contributed by atoms with E-state index in [0.29, 0.717) is 6.42 Å². The third-order valence-corrected chi connectivity index (χ3v) is 2.01. The molecule has 0 N–H and O–H groups in total. The Morgan fingerprint density at radius 2 is 2.22 bits per heavy atom. The van der Waals surface area contributed by atoms with Gasteiger partial charge in [-0.15, -0.1) is 12.6 Å². The van der Waals surface area contributed by atoms with Crippen LogP contribution in [0.5, 0.6) is 0 Å². The van der Waals surface area contributed by atoms with Crippen LogP contribution in [0.3, 0.4) is 0 Å². The normalized spacial score (nSPS) is 20.1. The van der Waals surface area contributed by atoms with Crippen molar-refractivity contribution in [3.63, 3.8) is 0 Å². The third kappa shape index (κ3) is 1.58. The molecule has 0 bridgehead atoms. The molecule has 0 heterocycles. The van der Waals surface area contributed by atoms with Crippen LogP contribution in [0.1, 0.15) is 19.8 Å². The van der Waals surface area contributed by atoms with Crippen molar-refractivity contribution in [3.05, 3.63) is 22.4 Å². The molecule has 0 aromatic heterocycles. The molecule has 1 rings (SSSR count). The second-order valence-corrected chi connectivity index (χ2v) is 2.76. The van der Waals surface area contributed by atoms with Gasteiger partial charge < -0.3 is 0 Å². The van der Waals surface area contributed by atoms with Crippen LogP contribution >= 0.6 is 12.6 Å². The zero-order valence-corrected chi connectivity index (χ0v) is 6.21. The molecule has 0 aromatic carbocycles. The van der Waals surface area contributed by atoms with Crippen molar-refractivity contribution in [2.24, 2.45) is 0 Å². The molecule has 0 saturated carbocycles. The summed E-state index contributed by atoms with van der Waals surface area (Å²) in [6.07, 6.45) is 2.83. The topological polar surface area (TPSA) is 0 Å². The summed E-state index contributed by atoms with van der Waals surface area (Å²) in [5.74, 6) is -0.0229. The summed E-state index contributed by atoms with van der Waals surface area (Å²) < 4.78 is 12.4. The van der Waals surface area contributed by atoms with E-state index in [4.69, 9.17) is 0 Å². The van der Waals surface area contributed by atoms with Gasteiger partial charge in [0, 0.05) is 6.42 Å². The molecule has 0 aliphatic heterocycles. The molecule has 0 aromatic rings. The smallest absolute Gasteiger partial charge is 0.101 e. The first-order valence-electron chi connectivity index (χ1n) is 2.95. The molecule has 0 nitrogen and oxygen atoms in total. The Morgan fingerprint density at radius 1 is 1.56 bits per heavy atom. The Kier molecular flexibility index (Phi) is 1.96. The highest BCUT2D eigenvalue weighted by Gasteiger charge is 2.05. The molecule has 0 amide bonds. The van der Waals surface area contributed by atoms with Crippen LogP contribution in [0, 0.1) is 0 Å². The van der Waals surface area contributed by atoms with Gasteiger partial charge in [-0.2, -0.15) is 0 Å². The highest BCUT2D eigenvalue weighted by atomic mass is 32.1. The highest BCUT2D eigenvalue weighted by Crippen LogP contribution is 2.26. The maximum atomic E-state index is 12.4. The van der Waals surface area contributed by atoms with E-state index in [2.05, 4.69) is 12.6 Å². The summed E-state index contributed by atoms with van der Waals surface area (Å²) in [5.41, 5.74) is 0.960. The van der Waals surface area contributed by atoms with Crippen LogP contribution in [0.2, 0.25) is 0 Å². The Balaban J connectivity index is 2.83. The summed E-state index contributed by atoms with van der Waals surface area (Å²) in [7, 11) is 0. The highest BCUT2D eigenvalue weighted by molar-refractivity contribution is 7.84. The number of thiol groups is 1. The quantitative estimate of drug-likeness (QED) is 0.496. The molecule has 1 aliphatic carbocycles. The lowest BCUT2D eigenvalue weighted by molar-refractivity contribution is 0.584. The number of rotatable bonds is 0. The molecule has 50 valence electrons. The Morgan fingerprint density at radius 3 is 2.67 bits per heavy atom. The largest absolute Gasteiger partial charge is 0.212 e. The average molecular weight is 144 g/mol. The minimum Gasteiger partial charge on any atom is -0.212 e. The van der Waals surface area contributed by atoms with E-state index < -0.39 is 0 Å². The van der Waals surface area contributed by atoms with Gasteiger partial charge in [0.15, 0.2) is 0 Å². The van der Waals surface area contributed by atoms with E-state index in [1.807, 2.05) is 6.92 Å². The SMILES string of the molecule is CC1=C(S)CCC(F)=C1. The lowest BCUT2D eigenvalue weighted by atomic mass is 10.1. The van der Waals surface area contributed by atoms with Gasteiger partial charge in [-0.05, 0) is 29.9 Å². The van der Waals surface area contributed by atoms with Gasteiger partial charge >= 0.3 is 0 Å². The van der Waals surface area contributed by atoms with E-state index in [1.165, 1.54) is 0 Å². The van der Waals surface area contributed by atoms with Crippen LogP contribution in [0.25, 0.3) is 0 Å². The number of allylic oxidation sites excluding steroid dienone is 4. The van der Waals surface area contributed by atoms with Gasteiger partial charge in [-0.25, -0.2) is 4.39 Å². The molecule has 0 atom stereocenters. The lowest BCUT2D eigenvalue weighted by Crippen LogP contribution is -1.88. The van der Waals surface area contributed by atoms with Crippen LogP contribution in [0.15, 0.2) is 22.4 Å². The van der Waals surface area contributed by atoms with Crippen LogP contribution in [-0.2, 0) is 0 Å². The fourth-order valence-corrected chi connectivity index (χ4v) is 1.00. The molecule has 0 unspecified atom stereocenters. The minimum atomic E-state index is -0.0229. The van der Waals surface area contributed by atoms with Gasteiger partial charge in [0.25, 0.3) is 0 Å². The van der Waals surface area contributed by atoms with E-state index >= 15 is 0 Å². The van der Waals surface area contributed by atoms with Crippen molar-refractivity contribution >= 4 is 12.6 Å². The maximum absolute atomic E-state index is 12.4. The monoisotopic (exact) mass is 144 g/mol. The fraction of sp³-hybridized carbons (Fsp3) is 0.429. The molecule has 2 heteroatoms. The standard InChI is InChI=1S/C7H9FS/c1-5-4-6(8)2-3-7(5)9/h4,9H,2-3H2,1H3. The van der Waals surface area contributed by atoms with E-state index in [1.54, 1.807) is 6.08 Å². The maximum Gasteiger partial charge on any atom is 0.101 e. The van der Waals surface area contributed by atoms with Crippen LogP contribution < -0.4 is 0 Å². The second kappa shape index (κ2) is 2.56. The van der Waals surface area contributed by atoms with Crippen molar-refractivity contribution in [1.29, 1.82) is 0 Å². The lowest BCUT2D eigenvalue weighted by Gasteiger charge is -2.07. The van der Waals surface area contributed by atoms with E-state index in [0.717, 1.165) is 16.9 Å². The first kappa shape index (κ1) is 6.87. The Labute approximate surface area is 59.9 Å². The van der Waals surface area contributed by atoms with Gasteiger partial charge in [-0.1, -0.05) is 0 Å². The van der Waals surface area contributed by atoms with Crippen LogP contribution in [0.4, 0.5) is 4.39 Å². The molecule has 0 saturated heterocycles. The summed E-state index contributed by atoms with van der Waals surface area (Å²) in [5, 5.41) is 0. The molecule has 1 aliphatic rings. The van der Waals surface area contributed by atoms with Crippen molar-refractivity contribution in [2.45, 2.75) is 19.8 Å². The first-order valence-corrected chi connectivity index (χ1v) is 3.39. The van der Waals surface area contributed by atoms with E-state index in [9.17, 15) is 4.39 Å². The van der Waals surface area contributed by atoms with Gasteiger partial charge in [0.2, 0.25) is 0 Å². The van der Waals surface area contributed by atoms with Gasteiger partial charge in [0.1, 0.15) is 5.83 Å². The third-order valence-electron chi connectivity index (χ3n) is 1.43. The number of hydrogen-bond acceptors (Lipinski definition) is 1. The molecule has 0 fully saturated rings. The van der Waals surface area contributed by atoms with Gasteiger partial charge in [-0.3, -0.25) is 0 Å². The Bertz CT molecular complexity index is 179. The fourth-order valence-electron chi connectivity index (χ4n) is 0.825. The number of halogens is 1. The zero-order valence-electron chi connectivity index (χ0n) is 5.32. The van der Waals surface area contributed by atoms with Crippen molar-refractivity contribution in [3.8, 4) is 0 Å². The first-order chi connectivity index (χ1) is 4.20. The zero-order chi connectivity index (χ0) is 6.85. The molecule has 0 spiro atoms. The van der Waals surface area contributed by atoms with E-state index in [-0.39, 0.29) is 5.83 Å². The molecule has 9 heavy (non-hydrogen) atoms. The molecular weight excluding hydrogens is 135 g/mol. The minimum absolute atomic E-state index is 0.0229. The molecular formula is C7H9FS. The summed E-state index contributed by atoms with van der Waals surface area (Å²) in [4.78, 5) is 1.01. The Hall–Kier alpha value is -0.240. The summed E-state index contributed by atoms with van der Waals surface area (Å²) >= 11 is 4.17. The van der Waals surface area contributed by atoms with Crippen LogP contribution in [-0.4, -0.2) is 0 Å². The average Bonchev–Trinajstić information content (AvgIpc) is 1.80. The second-order valence-electron chi connectivity index (χ2n) is 2.22. The number of hydrogen-bond donors (Lipinski definition) is 1. The van der Waals surface area contributed by atoms with Gasteiger partial charge in [0.05, 0.1) is 0 Å². The summed E-state index contributed by atoms with van der Waals surface area (Å²) in [6.45, 7) is 1.88. The summed E-state index contributed by atoms with van der Waals surface area (Å²) in [6, 6.07) is 0. The van der Waals surface area contributed by atoms with Crippen molar-refractivity contribution in [1.82, 2.24) is 0 Å². The predicted octanol–water partition coefficient (Wildman–Crippen LogP) is 2.84. The van der Waals surface area contributed by atoms with Crippen molar-refractivity contribution < 1.29 is 4.39 Å². The predicted molar refractivity (Wildman–Crippen MR) is 40.1 cm³/mol. The van der Waals surface area contributed by atoms with Crippen molar-refractivity contribution in [2.75, 3.05) is 0 Å².